The Balaban J connectivity index is 2.34. The van der Waals surface area contributed by atoms with E-state index in [0.717, 1.165) is 6.42 Å². The van der Waals surface area contributed by atoms with Crippen LogP contribution in [0.3, 0.4) is 0 Å². The summed E-state index contributed by atoms with van der Waals surface area (Å²) in [6.45, 7) is 9.21. The zero-order valence-electron chi connectivity index (χ0n) is 9.91. The van der Waals surface area contributed by atoms with Crippen LogP contribution in [0.5, 0.6) is 0 Å². The predicted octanol–water partition coefficient (Wildman–Crippen LogP) is 2.77. The van der Waals surface area contributed by atoms with Crippen LogP contribution in [-0.2, 0) is 4.74 Å². The quantitative estimate of drug-likeness (QED) is 0.833. The highest BCUT2D eigenvalue weighted by Gasteiger charge is 2.14. The summed E-state index contributed by atoms with van der Waals surface area (Å²) in [6, 6.07) is 1.70. The second-order valence-electron chi connectivity index (χ2n) is 4.98. The molecular weight excluding hydrogens is 192 g/mol. The first-order valence-electron chi connectivity index (χ1n) is 5.22. The van der Waals surface area contributed by atoms with E-state index >= 15 is 0 Å². The van der Waals surface area contributed by atoms with E-state index in [1.54, 1.807) is 6.07 Å². The van der Waals surface area contributed by atoms with Gasteiger partial charge in [-0.2, -0.15) is 0 Å². The van der Waals surface area contributed by atoms with Gasteiger partial charge >= 0.3 is 0 Å². The first kappa shape index (κ1) is 12.0. The predicted molar refractivity (Wildman–Crippen MR) is 59.4 cm³/mol. The molecule has 0 aromatic carbocycles. The monoisotopic (exact) mass is 212 g/mol. The normalized spacial score (nSPS) is 14.1. The number of nitrogens with two attached hydrogens (primary N) is 1. The Labute approximate surface area is 90.8 Å². The molecule has 2 N–H and O–H groups in total. The fourth-order valence-corrected chi connectivity index (χ4v) is 1.12. The molecule has 0 saturated heterocycles. The highest BCUT2D eigenvalue weighted by molar-refractivity contribution is 5.27. The van der Waals surface area contributed by atoms with Crippen LogP contribution in [0.2, 0.25) is 0 Å². The van der Waals surface area contributed by atoms with Gasteiger partial charge in [0, 0.05) is 12.7 Å². The molecule has 1 rings (SSSR count). The minimum Gasteiger partial charge on any atom is -0.381 e. The van der Waals surface area contributed by atoms with Crippen molar-refractivity contribution >= 4 is 5.82 Å². The summed E-state index contributed by atoms with van der Waals surface area (Å²) < 4.78 is 10.6. The summed E-state index contributed by atoms with van der Waals surface area (Å²) in [5.74, 6) is 1.08. The van der Waals surface area contributed by atoms with Crippen molar-refractivity contribution in [3.8, 4) is 0 Å². The van der Waals surface area contributed by atoms with E-state index < -0.39 is 0 Å². The minimum atomic E-state index is -0.0860. The lowest BCUT2D eigenvalue weighted by molar-refractivity contribution is 0.0320. The SMILES string of the molecule is CC(OCCC(C)(C)C)c1cc(N)no1. The molecule has 0 aliphatic rings. The minimum absolute atomic E-state index is 0.0860. The third-order valence-electron chi connectivity index (χ3n) is 2.17. The Morgan fingerprint density at radius 2 is 2.20 bits per heavy atom. The molecule has 1 atom stereocenters. The fourth-order valence-electron chi connectivity index (χ4n) is 1.12. The molecule has 0 radical (unpaired) electrons. The third-order valence-corrected chi connectivity index (χ3v) is 2.17. The van der Waals surface area contributed by atoms with Gasteiger partial charge < -0.3 is 15.0 Å². The number of rotatable bonds is 4. The Morgan fingerprint density at radius 3 is 2.67 bits per heavy atom. The Hall–Kier alpha value is -1.03. The van der Waals surface area contributed by atoms with Crippen LogP contribution in [0.4, 0.5) is 5.82 Å². The maximum Gasteiger partial charge on any atom is 0.167 e. The summed E-state index contributed by atoms with van der Waals surface area (Å²) >= 11 is 0. The van der Waals surface area contributed by atoms with E-state index in [-0.39, 0.29) is 6.10 Å². The number of anilines is 1. The van der Waals surface area contributed by atoms with Gasteiger partial charge in [0.15, 0.2) is 11.6 Å². The van der Waals surface area contributed by atoms with Crippen molar-refractivity contribution in [1.29, 1.82) is 0 Å². The number of ether oxygens (including phenoxy) is 1. The average Bonchev–Trinajstić information content (AvgIpc) is 2.49. The van der Waals surface area contributed by atoms with Crippen molar-refractivity contribution in [1.82, 2.24) is 5.16 Å². The molecule has 1 aromatic rings. The van der Waals surface area contributed by atoms with Gasteiger partial charge in [-0.3, -0.25) is 0 Å². The van der Waals surface area contributed by atoms with Gasteiger partial charge in [0.2, 0.25) is 0 Å². The van der Waals surface area contributed by atoms with Gasteiger partial charge in [-0.1, -0.05) is 25.9 Å². The molecule has 0 aliphatic heterocycles. The lowest BCUT2D eigenvalue weighted by atomic mass is 9.93. The molecule has 0 saturated carbocycles. The largest absolute Gasteiger partial charge is 0.381 e. The number of hydrogen-bond acceptors (Lipinski definition) is 4. The zero-order chi connectivity index (χ0) is 11.5. The lowest BCUT2D eigenvalue weighted by Crippen LogP contribution is -2.10. The van der Waals surface area contributed by atoms with Crippen molar-refractivity contribution in [3.63, 3.8) is 0 Å². The topological polar surface area (TPSA) is 61.3 Å². The molecule has 0 amide bonds. The van der Waals surface area contributed by atoms with Crippen LogP contribution < -0.4 is 5.73 Å². The number of hydrogen-bond donors (Lipinski definition) is 1. The van der Waals surface area contributed by atoms with Crippen molar-refractivity contribution in [2.24, 2.45) is 5.41 Å². The van der Waals surface area contributed by atoms with Crippen LogP contribution in [-0.4, -0.2) is 11.8 Å². The van der Waals surface area contributed by atoms with Gasteiger partial charge in [-0.25, -0.2) is 0 Å². The molecule has 0 bridgehead atoms. The fraction of sp³-hybridized carbons (Fsp3) is 0.727. The molecule has 1 aromatic heterocycles. The first-order valence-corrected chi connectivity index (χ1v) is 5.22. The van der Waals surface area contributed by atoms with Crippen molar-refractivity contribution in [2.45, 2.75) is 40.2 Å². The van der Waals surface area contributed by atoms with E-state index in [2.05, 4.69) is 25.9 Å². The molecule has 0 aliphatic carbocycles. The number of aromatic nitrogens is 1. The third kappa shape index (κ3) is 4.34. The molecule has 15 heavy (non-hydrogen) atoms. The van der Waals surface area contributed by atoms with E-state index in [0.29, 0.717) is 23.6 Å². The van der Waals surface area contributed by atoms with E-state index in [4.69, 9.17) is 15.0 Å². The summed E-state index contributed by atoms with van der Waals surface area (Å²) in [5, 5.41) is 3.62. The molecule has 4 heteroatoms. The second kappa shape index (κ2) is 4.66. The summed E-state index contributed by atoms with van der Waals surface area (Å²) in [6.07, 6.45) is 0.929. The van der Waals surface area contributed by atoms with E-state index in [9.17, 15) is 0 Å². The van der Waals surface area contributed by atoms with Crippen LogP contribution in [0.15, 0.2) is 10.6 Å². The van der Waals surface area contributed by atoms with Crippen LogP contribution in [0.25, 0.3) is 0 Å². The molecule has 4 nitrogen and oxygen atoms in total. The van der Waals surface area contributed by atoms with Crippen molar-refractivity contribution < 1.29 is 9.26 Å². The highest BCUT2D eigenvalue weighted by Crippen LogP contribution is 2.22. The highest BCUT2D eigenvalue weighted by atomic mass is 16.5. The van der Waals surface area contributed by atoms with Gasteiger partial charge in [0.05, 0.1) is 0 Å². The average molecular weight is 212 g/mol. The Bertz CT molecular complexity index is 302. The Kier molecular flexibility index (Phi) is 3.74. The van der Waals surface area contributed by atoms with E-state index in [1.807, 2.05) is 6.92 Å². The molecule has 1 unspecified atom stereocenters. The maximum atomic E-state index is 5.63. The second-order valence-corrected chi connectivity index (χ2v) is 4.98. The zero-order valence-corrected chi connectivity index (χ0v) is 9.91. The Morgan fingerprint density at radius 1 is 1.53 bits per heavy atom. The van der Waals surface area contributed by atoms with Crippen LogP contribution in [0.1, 0.15) is 46.0 Å². The van der Waals surface area contributed by atoms with E-state index in [1.165, 1.54) is 0 Å². The lowest BCUT2D eigenvalue weighted by Gasteiger charge is -2.19. The number of nitrogens with zero attached hydrogens (tertiary/aromatic N) is 1. The number of nitrogen functional groups attached to an aromatic ring is 1. The van der Waals surface area contributed by atoms with Gasteiger partial charge in [-0.15, -0.1) is 0 Å². The van der Waals surface area contributed by atoms with Gasteiger partial charge in [-0.05, 0) is 18.8 Å². The molecular formula is C11H20N2O2. The van der Waals surface area contributed by atoms with Crippen LogP contribution in [0, 0.1) is 5.41 Å². The molecule has 1 heterocycles. The summed E-state index contributed by atoms with van der Waals surface area (Å²) in [4.78, 5) is 0. The van der Waals surface area contributed by atoms with Crippen LogP contribution >= 0.6 is 0 Å². The van der Waals surface area contributed by atoms with Gasteiger partial charge in [0.25, 0.3) is 0 Å². The standard InChI is InChI=1S/C11H20N2O2/c1-8(9-7-10(12)13-15-9)14-6-5-11(2,3)4/h7-8H,5-6H2,1-4H3,(H2,12,13). The maximum absolute atomic E-state index is 5.63. The smallest absolute Gasteiger partial charge is 0.167 e. The first-order chi connectivity index (χ1) is 6.88. The summed E-state index contributed by atoms with van der Waals surface area (Å²) in [7, 11) is 0. The van der Waals surface area contributed by atoms with Gasteiger partial charge in [0.1, 0.15) is 6.10 Å². The molecule has 86 valence electrons. The molecule has 0 fully saturated rings. The summed E-state index contributed by atoms with van der Waals surface area (Å²) in [5.41, 5.74) is 5.75. The van der Waals surface area contributed by atoms with Crippen molar-refractivity contribution in [3.05, 3.63) is 11.8 Å². The van der Waals surface area contributed by atoms with Crippen molar-refractivity contribution in [2.75, 3.05) is 12.3 Å². The molecule has 0 spiro atoms.